The van der Waals surface area contributed by atoms with Gasteiger partial charge in [-0.15, -0.1) is 0 Å². The number of rotatable bonds is 2. The van der Waals surface area contributed by atoms with Gasteiger partial charge in [0.2, 0.25) is 0 Å². The zero-order chi connectivity index (χ0) is 12.5. The van der Waals surface area contributed by atoms with E-state index in [4.69, 9.17) is 10.5 Å². The third-order valence-electron chi connectivity index (χ3n) is 2.95. The van der Waals surface area contributed by atoms with E-state index in [1.165, 1.54) is 0 Å². The summed E-state index contributed by atoms with van der Waals surface area (Å²) in [6.45, 7) is 0. The Labute approximate surface area is 104 Å². The Hall–Kier alpha value is -2.49. The Morgan fingerprint density at radius 1 is 1.22 bits per heavy atom. The number of H-pyrrole nitrogens is 1. The summed E-state index contributed by atoms with van der Waals surface area (Å²) in [6, 6.07) is 9.57. The molecule has 0 aliphatic heterocycles. The lowest BCUT2D eigenvalue weighted by Gasteiger charge is -2.01. The molecule has 0 aliphatic carbocycles. The molecular weight excluding hydrogens is 226 g/mol. The van der Waals surface area contributed by atoms with Gasteiger partial charge in [-0.25, -0.2) is 0 Å². The number of nitrogens with one attached hydrogen (secondary N) is 1. The molecule has 3 N–H and O–H groups in total. The Bertz CT molecular complexity index is 703. The van der Waals surface area contributed by atoms with E-state index in [1.54, 1.807) is 19.4 Å². The highest BCUT2D eigenvalue weighted by atomic mass is 16.5. The van der Waals surface area contributed by atoms with Crippen LogP contribution in [-0.2, 0) is 0 Å². The van der Waals surface area contributed by atoms with Crippen molar-refractivity contribution in [3.63, 3.8) is 0 Å². The Balaban J connectivity index is 2.18. The highest BCUT2D eigenvalue weighted by molar-refractivity contribution is 5.95. The lowest BCUT2D eigenvalue weighted by molar-refractivity contribution is 0.415. The van der Waals surface area contributed by atoms with Crippen LogP contribution in [0.15, 0.2) is 42.7 Å². The van der Waals surface area contributed by atoms with Gasteiger partial charge < -0.3 is 15.5 Å². The standard InChI is InChI=1S/C14H13N3O/c1-18-10-2-3-11-12(8-17-14(11)7-10)13-6-9(15)4-5-16-13/h2-8,17H,1H3,(H2,15,16). The van der Waals surface area contributed by atoms with E-state index in [-0.39, 0.29) is 0 Å². The third-order valence-corrected chi connectivity index (χ3v) is 2.95. The van der Waals surface area contributed by atoms with Gasteiger partial charge in [0, 0.05) is 40.6 Å². The summed E-state index contributed by atoms with van der Waals surface area (Å²) in [5.74, 6) is 0.830. The molecule has 0 spiro atoms. The summed E-state index contributed by atoms with van der Waals surface area (Å²) in [5.41, 5.74) is 9.43. The Kier molecular flexibility index (Phi) is 2.41. The van der Waals surface area contributed by atoms with E-state index in [1.807, 2.05) is 30.5 Å². The summed E-state index contributed by atoms with van der Waals surface area (Å²) in [5, 5.41) is 1.11. The van der Waals surface area contributed by atoms with Crippen molar-refractivity contribution in [2.75, 3.05) is 12.8 Å². The lowest BCUT2D eigenvalue weighted by Crippen LogP contribution is -1.87. The maximum Gasteiger partial charge on any atom is 0.120 e. The Morgan fingerprint density at radius 2 is 2.11 bits per heavy atom. The summed E-state index contributed by atoms with van der Waals surface area (Å²) < 4.78 is 5.20. The van der Waals surface area contributed by atoms with Crippen molar-refractivity contribution in [2.45, 2.75) is 0 Å². The second-order valence-electron chi connectivity index (χ2n) is 4.09. The van der Waals surface area contributed by atoms with Crippen molar-refractivity contribution < 1.29 is 4.74 Å². The molecular formula is C14H13N3O. The number of fused-ring (bicyclic) bond motifs is 1. The first-order chi connectivity index (χ1) is 8.78. The predicted octanol–water partition coefficient (Wildman–Crippen LogP) is 2.82. The van der Waals surface area contributed by atoms with Crippen LogP contribution in [0.25, 0.3) is 22.2 Å². The summed E-state index contributed by atoms with van der Waals surface area (Å²) >= 11 is 0. The molecule has 4 nitrogen and oxygen atoms in total. The minimum atomic E-state index is 0.711. The van der Waals surface area contributed by atoms with Gasteiger partial charge in [0.05, 0.1) is 12.8 Å². The average Bonchev–Trinajstić information content (AvgIpc) is 2.81. The number of aromatic nitrogens is 2. The van der Waals surface area contributed by atoms with Crippen molar-refractivity contribution >= 4 is 16.6 Å². The molecule has 0 unspecified atom stereocenters. The molecule has 0 atom stereocenters. The van der Waals surface area contributed by atoms with Crippen molar-refractivity contribution in [3.8, 4) is 17.0 Å². The number of benzene rings is 1. The van der Waals surface area contributed by atoms with Crippen LogP contribution in [0.3, 0.4) is 0 Å². The molecule has 2 aromatic heterocycles. The summed E-state index contributed by atoms with van der Waals surface area (Å²) in [4.78, 5) is 7.56. The van der Waals surface area contributed by atoms with Crippen LogP contribution >= 0.6 is 0 Å². The number of hydrogen-bond acceptors (Lipinski definition) is 3. The molecule has 4 heteroatoms. The Morgan fingerprint density at radius 3 is 2.89 bits per heavy atom. The van der Waals surface area contributed by atoms with Crippen molar-refractivity contribution in [1.29, 1.82) is 0 Å². The number of nitrogens with zero attached hydrogens (tertiary/aromatic N) is 1. The van der Waals surface area contributed by atoms with E-state index < -0.39 is 0 Å². The van der Waals surface area contributed by atoms with Gasteiger partial charge in [-0.05, 0) is 24.3 Å². The molecule has 0 radical (unpaired) electrons. The number of ether oxygens (including phenoxy) is 1. The lowest BCUT2D eigenvalue weighted by atomic mass is 10.1. The smallest absolute Gasteiger partial charge is 0.120 e. The maximum atomic E-state index is 5.78. The molecule has 3 aromatic rings. The molecule has 0 amide bonds. The van der Waals surface area contributed by atoms with E-state index in [0.717, 1.165) is 27.9 Å². The van der Waals surface area contributed by atoms with E-state index in [9.17, 15) is 0 Å². The number of methoxy groups -OCH3 is 1. The van der Waals surface area contributed by atoms with E-state index >= 15 is 0 Å². The molecule has 0 saturated heterocycles. The van der Waals surface area contributed by atoms with Gasteiger partial charge in [0.25, 0.3) is 0 Å². The quantitative estimate of drug-likeness (QED) is 0.722. The van der Waals surface area contributed by atoms with E-state index in [2.05, 4.69) is 9.97 Å². The van der Waals surface area contributed by atoms with Crippen LogP contribution in [0.1, 0.15) is 0 Å². The topological polar surface area (TPSA) is 63.9 Å². The fraction of sp³-hybridized carbons (Fsp3) is 0.0714. The second kappa shape index (κ2) is 4.07. The largest absolute Gasteiger partial charge is 0.497 e. The number of anilines is 1. The molecule has 1 aromatic carbocycles. The van der Waals surface area contributed by atoms with Crippen LogP contribution in [0.5, 0.6) is 5.75 Å². The SMILES string of the molecule is COc1ccc2c(-c3cc(N)ccn3)c[nH]c2c1. The first kappa shape index (κ1) is 10.7. The van der Waals surface area contributed by atoms with Gasteiger partial charge in [0.15, 0.2) is 0 Å². The molecule has 18 heavy (non-hydrogen) atoms. The average molecular weight is 239 g/mol. The van der Waals surface area contributed by atoms with Crippen molar-refractivity contribution in [1.82, 2.24) is 9.97 Å². The van der Waals surface area contributed by atoms with Crippen molar-refractivity contribution in [3.05, 3.63) is 42.7 Å². The van der Waals surface area contributed by atoms with Crippen LogP contribution in [0, 0.1) is 0 Å². The minimum absolute atomic E-state index is 0.711. The zero-order valence-corrected chi connectivity index (χ0v) is 9.97. The van der Waals surface area contributed by atoms with Gasteiger partial charge in [-0.2, -0.15) is 0 Å². The molecule has 0 bridgehead atoms. The number of hydrogen-bond donors (Lipinski definition) is 2. The fourth-order valence-electron chi connectivity index (χ4n) is 2.04. The second-order valence-corrected chi connectivity index (χ2v) is 4.09. The molecule has 0 saturated carbocycles. The molecule has 0 aliphatic rings. The molecule has 90 valence electrons. The molecule has 2 heterocycles. The van der Waals surface area contributed by atoms with Crippen LogP contribution < -0.4 is 10.5 Å². The highest BCUT2D eigenvalue weighted by Gasteiger charge is 2.08. The highest BCUT2D eigenvalue weighted by Crippen LogP contribution is 2.30. The summed E-state index contributed by atoms with van der Waals surface area (Å²) in [7, 11) is 1.66. The molecule has 0 fully saturated rings. The van der Waals surface area contributed by atoms with Crippen LogP contribution in [-0.4, -0.2) is 17.1 Å². The van der Waals surface area contributed by atoms with Gasteiger partial charge in [-0.3, -0.25) is 4.98 Å². The third kappa shape index (κ3) is 1.68. The van der Waals surface area contributed by atoms with Crippen LogP contribution in [0.2, 0.25) is 0 Å². The normalized spacial score (nSPS) is 10.7. The van der Waals surface area contributed by atoms with E-state index in [0.29, 0.717) is 5.69 Å². The molecule has 3 rings (SSSR count). The predicted molar refractivity (Wildman–Crippen MR) is 72.5 cm³/mol. The maximum absolute atomic E-state index is 5.78. The first-order valence-corrected chi connectivity index (χ1v) is 5.65. The zero-order valence-electron chi connectivity index (χ0n) is 9.97. The van der Waals surface area contributed by atoms with Gasteiger partial charge >= 0.3 is 0 Å². The number of aromatic amines is 1. The monoisotopic (exact) mass is 239 g/mol. The van der Waals surface area contributed by atoms with Crippen molar-refractivity contribution in [2.24, 2.45) is 0 Å². The van der Waals surface area contributed by atoms with Gasteiger partial charge in [-0.1, -0.05) is 0 Å². The number of pyridine rings is 1. The number of nitrogens with two attached hydrogens (primary N) is 1. The fourth-order valence-corrected chi connectivity index (χ4v) is 2.04. The van der Waals surface area contributed by atoms with Gasteiger partial charge in [0.1, 0.15) is 5.75 Å². The van der Waals surface area contributed by atoms with Crippen LogP contribution in [0.4, 0.5) is 5.69 Å². The number of nitrogen functional groups attached to an aromatic ring is 1. The summed E-state index contributed by atoms with van der Waals surface area (Å²) in [6.07, 6.45) is 3.65. The first-order valence-electron chi connectivity index (χ1n) is 5.65. The minimum Gasteiger partial charge on any atom is -0.497 e.